The lowest BCUT2D eigenvalue weighted by Crippen LogP contribution is -2.47. The number of methoxy groups -OCH3 is 2. The molecular formula is C18H26N2O2S3. The summed E-state index contributed by atoms with van der Waals surface area (Å²) in [5.74, 6) is 3.92. The molecule has 0 aromatic heterocycles. The van der Waals surface area contributed by atoms with Crippen LogP contribution in [0.4, 0.5) is 0 Å². The molecule has 0 N–H and O–H groups in total. The summed E-state index contributed by atoms with van der Waals surface area (Å²) in [6.45, 7) is 3.08. The van der Waals surface area contributed by atoms with Crippen molar-refractivity contribution >= 4 is 40.1 Å². The first-order valence-corrected chi connectivity index (χ1v) is 11.1. The summed E-state index contributed by atoms with van der Waals surface area (Å²) in [6.07, 6.45) is 3.69. The minimum Gasteiger partial charge on any atom is -0.493 e. The van der Waals surface area contributed by atoms with Crippen molar-refractivity contribution in [1.29, 1.82) is 0 Å². The van der Waals surface area contributed by atoms with Crippen LogP contribution in [0, 0.1) is 0 Å². The molecule has 2 aliphatic rings. The number of nitrogens with zero attached hydrogens (tertiary/aromatic N) is 2. The second-order valence-electron chi connectivity index (χ2n) is 6.37. The van der Waals surface area contributed by atoms with Crippen molar-refractivity contribution in [1.82, 2.24) is 9.80 Å². The first-order chi connectivity index (χ1) is 12.2. The maximum absolute atomic E-state index is 5.58. The Morgan fingerprint density at radius 3 is 2.80 bits per heavy atom. The molecule has 2 saturated heterocycles. The zero-order valence-electron chi connectivity index (χ0n) is 14.9. The summed E-state index contributed by atoms with van der Waals surface area (Å²) in [5.41, 5.74) is 1.24. The van der Waals surface area contributed by atoms with E-state index in [1.54, 1.807) is 26.0 Å². The van der Waals surface area contributed by atoms with Gasteiger partial charge in [0.15, 0.2) is 11.5 Å². The quantitative estimate of drug-likeness (QED) is 0.646. The summed E-state index contributed by atoms with van der Waals surface area (Å²) >= 11 is 9.50. The molecule has 1 aromatic carbocycles. The molecule has 0 spiro atoms. The smallest absolute Gasteiger partial charge is 0.160 e. The second kappa shape index (κ2) is 9.35. The van der Waals surface area contributed by atoms with E-state index in [0.29, 0.717) is 0 Å². The van der Waals surface area contributed by atoms with Crippen LogP contribution in [0.5, 0.6) is 11.5 Å². The van der Waals surface area contributed by atoms with E-state index in [9.17, 15) is 0 Å². The van der Waals surface area contributed by atoms with Gasteiger partial charge in [-0.2, -0.15) is 11.8 Å². The summed E-state index contributed by atoms with van der Waals surface area (Å²) in [6, 6.07) is 6.14. The Bertz CT molecular complexity index is 594. The van der Waals surface area contributed by atoms with Gasteiger partial charge in [-0.15, -0.1) is 0 Å². The van der Waals surface area contributed by atoms with Gasteiger partial charge in [0.05, 0.1) is 26.8 Å². The number of thioether (sulfide) groups is 2. The van der Waals surface area contributed by atoms with Crippen molar-refractivity contribution in [2.75, 3.05) is 45.6 Å². The van der Waals surface area contributed by atoms with Crippen molar-refractivity contribution in [2.24, 2.45) is 0 Å². The van der Waals surface area contributed by atoms with Crippen LogP contribution in [0.25, 0.3) is 0 Å². The molecule has 0 radical (unpaired) electrons. The van der Waals surface area contributed by atoms with Gasteiger partial charge in [-0.05, 0) is 42.7 Å². The minimum atomic E-state index is 0.774. The molecule has 2 aliphatic heterocycles. The molecule has 138 valence electrons. The van der Waals surface area contributed by atoms with Crippen molar-refractivity contribution in [3.8, 4) is 11.5 Å². The zero-order valence-corrected chi connectivity index (χ0v) is 17.4. The predicted molar refractivity (Wildman–Crippen MR) is 112 cm³/mol. The Morgan fingerprint density at radius 2 is 2.08 bits per heavy atom. The fourth-order valence-corrected chi connectivity index (χ4v) is 5.66. The van der Waals surface area contributed by atoms with Gasteiger partial charge in [0.25, 0.3) is 0 Å². The molecule has 0 bridgehead atoms. The average molecular weight is 399 g/mol. The van der Waals surface area contributed by atoms with Gasteiger partial charge in [-0.25, -0.2) is 0 Å². The van der Waals surface area contributed by atoms with Gasteiger partial charge in [-0.3, -0.25) is 4.90 Å². The maximum atomic E-state index is 5.58. The van der Waals surface area contributed by atoms with Crippen molar-refractivity contribution in [2.45, 2.75) is 24.5 Å². The number of ether oxygens (including phenoxy) is 2. The van der Waals surface area contributed by atoms with Crippen molar-refractivity contribution in [3.05, 3.63) is 23.8 Å². The second-order valence-corrected chi connectivity index (χ2v) is 9.36. The lowest BCUT2D eigenvalue weighted by molar-refractivity contribution is 0.213. The van der Waals surface area contributed by atoms with Crippen LogP contribution in [0.1, 0.15) is 18.4 Å². The number of hydrogen-bond donors (Lipinski definition) is 0. The molecule has 4 nitrogen and oxygen atoms in total. The van der Waals surface area contributed by atoms with E-state index in [1.807, 2.05) is 6.07 Å². The van der Waals surface area contributed by atoms with Crippen molar-refractivity contribution in [3.63, 3.8) is 0 Å². The fourth-order valence-electron chi connectivity index (χ4n) is 3.23. The van der Waals surface area contributed by atoms with Crippen LogP contribution < -0.4 is 9.47 Å². The summed E-state index contributed by atoms with van der Waals surface area (Å²) in [5, 5.41) is 0.806. The van der Waals surface area contributed by atoms with E-state index in [-0.39, 0.29) is 0 Å². The predicted octanol–water partition coefficient (Wildman–Crippen LogP) is 3.69. The number of benzene rings is 1. The Hall–Kier alpha value is -0.630. The minimum absolute atomic E-state index is 0.774. The molecule has 0 amide bonds. The molecular weight excluding hydrogens is 372 g/mol. The fraction of sp³-hybridized carbons (Fsp3) is 0.611. The normalized spacial score (nSPS) is 21.6. The molecule has 1 unspecified atom stereocenters. The highest BCUT2D eigenvalue weighted by molar-refractivity contribution is 8.22. The van der Waals surface area contributed by atoms with E-state index in [0.717, 1.165) is 46.6 Å². The lowest BCUT2D eigenvalue weighted by Gasteiger charge is -2.37. The van der Waals surface area contributed by atoms with E-state index < -0.39 is 0 Å². The molecule has 1 atom stereocenters. The monoisotopic (exact) mass is 398 g/mol. The Labute approximate surface area is 164 Å². The average Bonchev–Trinajstić information content (AvgIpc) is 3.14. The molecule has 0 saturated carbocycles. The third kappa shape index (κ3) is 5.18. The van der Waals surface area contributed by atoms with Gasteiger partial charge < -0.3 is 14.4 Å². The molecule has 2 heterocycles. The topological polar surface area (TPSA) is 24.9 Å². The maximum Gasteiger partial charge on any atom is 0.160 e. The third-order valence-electron chi connectivity index (χ3n) is 4.60. The van der Waals surface area contributed by atoms with Crippen LogP contribution in [-0.4, -0.2) is 65.0 Å². The Morgan fingerprint density at radius 1 is 1.24 bits per heavy atom. The molecule has 7 heteroatoms. The first kappa shape index (κ1) is 19.1. The number of hydrogen-bond acceptors (Lipinski definition) is 6. The lowest BCUT2D eigenvalue weighted by atomic mass is 10.1. The van der Waals surface area contributed by atoms with Gasteiger partial charge >= 0.3 is 0 Å². The van der Waals surface area contributed by atoms with Crippen LogP contribution in [-0.2, 0) is 6.42 Å². The Balaban J connectivity index is 1.54. The SMILES string of the molecule is COc1ccc(CCN2CN(CC3CCCS3)CSC2=S)cc1OC. The summed E-state index contributed by atoms with van der Waals surface area (Å²) in [4.78, 5) is 4.87. The molecule has 1 aromatic rings. The molecule has 25 heavy (non-hydrogen) atoms. The van der Waals surface area contributed by atoms with E-state index >= 15 is 0 Å². The van der Waals surface area contributed by atoms with E-state index in [2.05, 4.69) is 33.7 Å². The number of rotatable bonds is 7. The highest BCUT2D eigenvalue weighted by Gasteiger charge is 2.25. The van der Waals surface area contributed by atoms with Gasteiger partial charge in [-0.1, -0.05) is 30.0 Å². The summed E-state index contributed by atoms with van der Waals surface area (Å²) in [7, 11) is 3.34. The van der Waals surface area contributed by atoms with Gasteiger partial charge in [0.1, 0.15) is 4.32 Å². The van der Waals surface area contributed by atoms with Crippen LogP contribution in [0.2, 0.25) is 0 Å². The first-order valence-electron chi connectivity index (χ1n) is 8.66. The molecule has 2 fully saturated rings. The standard InChI is InChI=1S/C18H26N2O2S3/c1-21-16-6-5-14(10-17(16)22-2)7-8-20-12-19(13-25-18(20)23)11-15-4-3-9-24-15/h5-6,10,15H,3-4,7-9,11-13H2,1-2H3. The van der Waals surface area contributed by atoms with E-state index in [1.165, 1.54) is 30.7 Å². The third-order valence-corrected chi connectivity index (χ3v) is 7.60. The van der Waals surface area contributed by atoms with Gasteiger partial charge in [0.2, 0.25) is 0 Å². The van der Waals surface area contributed by atoms with Gasteiger partial charge in [0, 0.05) is 18.3 Å². The molecule has 0 aliphatic carbocycles. The van der Waals surface area contributed by atoms with Crippen molar-refractivity contribution < 1.29 is 9.47 Å². The van der Waals surface area contributed by atoms with E-state index in [4.69, 9.17) is 21.7 Å². The number of thiocarbonyl (C=S) groups is 1. The van der Waals surface area contributed by atoms with Crippen LogP contribution >= 0.6 is 35.7 Å². The Kier molecular flexibility index (Phi) is 7.16. The molecule has 3 rings (SSSR count). The highest BCUT2D eigenvalue weighted by atomic mass is 32.2. The largest absolute Gasteiger partial charge is 0.493 e. The highest BCUT2D eigenvalue weighted by Crippen LogP contribution is 2.30. The summed E-state index contributed by atoms with van der Waals surface area (Å²) < 4.78 is 11.7. The zero-order chi connectivity index (χ0) is 17.6. The van der Waals surface area contributed by atoms with Crippen LogP contribution in [0.3, 0.4) is 0 Å². The van der Waals surface area contributed by atoms with Crippen LogP contribution in [0.15, 0.2) is 18.2 Å².